The highest BCUT2D eigenvalue weighted by Gasteiger charge is 2.25. The van der Waals surface area contributed by atoms with Crippen molar-refractivity contribution in [2.75, 3.05) is 5.75 Å². The smallest absolute Gasteiger partial charge is 0.276 e. The third kappa shape index (κ3) is 4.91. The maximum Gasteiger partial charge on any atom is 0.276 e. The number of thioether (sulfide) groups is 1. The number of hydrogen-bond acceptors (Lipinski definition) is 5. The van der Waals surface area contributed by atoms with Gasteiger partial charge in [0.25, 0.3) is 11.1 Å². The quantitative estimate of drug-likeness (QED) is 0.218. The van der Waals surface area contributed by atoms with Gasteiger partial charge in [-0.25, -0.2) is 4.68 Å². The molecule has 0 atom stereocenters. The molecule has 4 rings (SSSR count). The normalized spacial score (nSPS) is 11.5. The minimum atomic E-state index is 0.398. The van der Waals surface area contributed by atoms with Gasteiger partial charge in [-0.15, -0.1) is 10.2 Å². The fourth-order valence-electron chi connectivity index (χ4n) is 3.29. The lowest BCUT2D eigenvalue weighted by molar-refractivity contribution is 0.463. The lowest BCUT2D eigenvalue weighted by atomic mass is 10.0. The highest BCUT2D eigenvalue weighted by molar-refractivity contribution is 9.10. The molecule has 2 aromatic heterocycles. The second-order valence-corrected chi connectivity index (χ2v) is 10.4. The Hall–Kier alpha value is -1.80. The lowest BCUT2D eigenvalue weighted by Crippen LogP contribution is -2.01. The standard InChI is InChI=1S/C23H21BrCl2N4OS/c1-4-17-20(22-27-28-23(31-22)32-12-13(2)3)29-30(19-10-9-16(25)11-18(19)26)21(17)14-5-7-15(24)8-6-14/h5-11,13H,4,12H2,1-3H3. The molecule has 0 spiro atoms. The van der Waals surface area contributed by atoms with Crippen LogP contribution >= 0.6 is 50.9 Å². The third-order valence-corrected chi connectivity index (χ3v) is 7.05. The summed E-state index contributed by atoms with van der Waals surface area (Å²) in [5.41, 5.74) is 4.31. The Labute approximate surface area is 209 Å². The average Bonchev–Trinajstić information content (AvgIpc) is 3.37. The summed E-state index contributed by atoms with van der Waals surface area (Å²) < 4.78 is 8.81. The summed E-state index contributed by atoms with van der Waals surface area (Å²) in [7, 11) is 0. The van der Waals surface area contributed by atoms with Gasteiger partial charge < -0.3 is 4.42 Å². The Kier molecular flexibility index (Phi) is 7.30. The Morgan fingerprint density at radius 3 is 2.50 bits per heavy atom. The number of halogens is 3. The van der Waals surface area contributed by atoms with Crippen LogP contribution in [0, 0.1) is 5.92 Å². The molecule has 0 fully saturated rings. The fraction of sp³-hybridized carbons (Fsp3) is 0.261. The zero-order chi connectivity index (χ0) is 22.8. The number of benzene rings is 2. The molecule has 32 heavy (non-hydrogen) atoms. The molecule has 0 unspecified atom stereocenters. The summed E-state index contributed by atoms with van der Waals surface area (Å²) in [5, 5.41) is 15.0. The minimum absolute atomic E-state index is 0.398. The number of hydrogen-bond donors (Lipinski definition) is 0. The van der Waals surface area contributed by atoms with Gasteiger partial charge >= 0.3 is 0 Å². The van der Waals surface area contributed by atoms with E-state index >= 15 is 0 Å². The van der Waals surface area contributed by atoms with E-state index in [1.165, 1.54) is 0 Å². The molecule has 0 bridgehead atoms. The van der Waals surface area contributed by atoms with Crippen molar-refractivity contribution in [3.63, 3.8) is 0 Å². The summed E-state index contributed by atoms with van der Waals surface area (Å²) in [6.07, 6.45) is 0.725. The van der Waals surface area contributed by atoms with Crippen LogP contribution in [0.2, 0.25) is 10.0 Å². The van der Waals surface area contributed by atoms with Crippen molar-refractivity contribution >= 4 is 50.9 Å². The van der Waals surface area contributed by atoms with Crippen molar-refractivity contribution in [1.82, 2.24) is 20.0 Å². The molecule has 0 saturated carbocycles. The molecule has 2 aromatic carbocycles. The topological polar surface area (TPSA) is 56.7 Å². The van der Waals surface area contributed by atoms with Crippen molar-refractivity contribution in [3.05, 3.63) is 62.5 Å². The van der Waals surface area contributed by atoms with Crippen molar-refractivity contribution in [1.29, 1.82) is 0 Å². The Balaban J connectivity index is 1.89. The van der Waals surface area contributed by atoms with Gasteiger partial charge in [0.05, 0.1) is 16.4 Å². The molecule has 4 aromatic rings. The number of rotatable bonds is 7. The molecular formula is C23H21BrCl2N4OS. The SMILES string of the molecule is CCc1c(-c2nnc(SCC(C)C)o2)nn(-c2ccc(Cl)cc2Cl)c1-c1ccc(Br)cc1. The largest absolute Gasteiger partial charge is 0.410 e. The zero-order valence-electron chi connectivity index (χ0n) is 17.8. The first-order chi connectivity index (χ1) is 15.4. The van der Waals surface area contributed by atoms with Crippen molar-refractivity contribution in [3.8, 4) is 28.5 Å². The van der Waals surface area contributed by atoms with Crippen LogP contribution in [0.4, 0.5) is 0 Å². The summed E-state index contributed by atoms with van der Waals surface area (Å²) in [4.78, 5) is 0. The van der Waals surface area contributed by atoms with Crippen LogP contribution in [0.15, 0.2) is 56.6 Å². The Morgan fingerprint density at radius 1 is 1.09 bits per heavy atom. The van der Waals surface area contributed by atoms with E-state index in [2.05, 4.69) is 46.9 Å². The van der Waals surface area contributed by atoms with E-state index in [4.69, 9.17) is 32.7 Å². The maximum atomic E-state index is 6.57. The second-order valence-electron chi connectivity index (χ2n) is 7.62. The van der Waals surface area contributed by atoms with E-state index in [0.717, 1.165) is 39.2 Å². The molecule has 0 saturated heterocycles. The van der Waals surface area contributed by atoms with E-state index in [0.29, 0.717) is 32.8 Å². The van der Waals surface area contributed by atoms with Crippen LogP contribution in [-0.4, -0.2) is 25.7 Å². The molecular weight excluding hydrogens is 531 g/mol. The summed E-state index contributed by atoms with van der Waals surface area (Å²) in [6.45, 7) is 6.39. The maximum absolute atomic E-state index is 6.57. The van der Waals surface area contributed by atoms with Gasteiger partial charge in [0, 0.05) is 26.4 Å². The van der Waals surface area contributed by atoms with Gasteiger partial charge in [0.1, 0.15) is 0 Å². The highest BCUT2D eigenvalue weighted by atomic mass is 79.9. The second kappa shape index (κ2) is 10.00. The van der Waals surface area contributed by atoms with Crippen LogP contribution in [-0.2, 0) is 6.42 Å². The molecule has 5 nitrogen and oxygen atoms in total. The van der Waals surface area contributed by atoms with Gasteiger partial charge in [-0.1, -0.05) is 83.8 Å². The van der Waals surface area contributed by atoms with E-state index in [9.17, 15) is 0 Å². The fourth-order valence-corrected chi connectivity index (χ4v) is 4.76. The summed E-state index contributed by atoms with van der Waals surface area (Å²) >= 11 is 17.8. The molecule has 0 aliphatic heterocycles. The van der Waals surface area contributed by atoms with E-state index in [1.54, 1.807) is 23.9 Å². The third-order valence-electron chi connectivity index (χ3n) is 4.74. The van der Waals surface area contributed by atoms with Gasteiger partial charge in [0.2, 0.25) is 0 Å². The Morgan fingerprint density at radius 2 is 1.84 bits per heavy atom. The minimum Gasteiger partial charge on any atom is -0.410 e. The van der Waals surface area contributed by atoms with Crippen molar-refractivity contribution in [2.24, 2.45) is 5.92 Å². The predicted molar refractivity (Wildman–Crippen MR) is 135 cm³/mol. The molecule has 0 aliphatic carbocycles. The van der Waals surface area contributed by atoms with E-state index in [-0.39, 0.29) is 0 Å². The van der Waals surface area contributed by atoms with E-state index < -0.39 is 0 Å². The van der Waals surface area contributed by atoms with Gasteiger partial charge in [-0.3, -0.25) is 0 Å². The number of nitrogens with zero attached hydrogens (tertiary/aromatic N) is 4. The van der Waals surface area contributed by atoms with E-state index in [1.807, 2.05) is 35.0 Å². The first-order valence-corrected chi connectivity index (χ1v) is 12.7. The molecule has 0 aliphatic rings. The van der Waals surface area contributed by atoms with Gasteiger partial charge in [0.15, 0.2) is 5.69 Å². The summed E-state index contributed by atoms with van der Waals surface area (Å²) in [5.74, 6) is 1.83. The summed E-state index contributed by atoms with van der Waals surface area (Å²) in [6, 6.07) is 13.5. The predicted octanol–water partition coefficient (Wildman–Crippen LogP) is 7.97. The molecule has 0 radical (unpaired) electrons. The molecule has 166 valence electrons. The zero-order valence-corrected chi connectivity index (χ0v) is 21.7. The van der Waals surface area contributed by atoms with Crippen LogP contribution in [0.25, 0.3) is 28.5 Å². The van der Waals surface area contributed by atoms with Crippen LogP contribution in [0.5, 0.6) is 0 Å². The molecule has 0 N–H and O–H groups in total. The first-order valence-electron chi connectivity index (χ1n) is 10.2. The highest BCUT2D eigenvalue weighted by Crippen LogP contribution is 2.37. The van der Waals surface area contributed by atoms with Crippen LogP contribution < -0.4 is 0 Å². The van der Waals surface area contributed by atoms with Gasteiger partial charge in [-0.2, -0.15) is 5.10 Å². The molecule has 9 heteroatoms. The molecule has 0 amide bonds. The lowest BCUT2D eigenvalue weighted by Gasteiger charge is -2.11. The Bertz CT molecular complexity index is 1240. The van der Waals surface area contributed by atoms with Crippen LogP contribution in [0.1, 0.15) is 26.3 Å². The first kappa shape index (κ1) is 23.4. The van der Waals surface area contributed by atoms with Crippen LogP contribution in [0.3, 0.4) is 0 Å². The van der Waals surface area contributed by atoms with Gasteiger partial charge in [-0.05, 0) is 42.7 Å². The van der Waals surface area contributed by atoms with Crippen molar-refractivity contribution in [2.45, 2.75) is 32.4 Å². The monoisotopic (exact) mass is 550 g/mol. The number of aromatic nitrogens is 4. The van der Waals surface area contributed by atoms with Crippen molar-refractivity contribution < 1.29 is 4.42 Å². The average molecular weight is 552 g/mol. The molecule has 2 heterocycles.